The third kappa shape index (κ3) is 3.33. The van der Waals surface area contributed by atoms with Gasteiger partial charge in [0.2, 0.25) is 0 Å². The van der Waals surface area contributed by atoms with E-state index in [1.807, 2.05) is 15.2 Å². The van der Waals surface area contributed by atoms with Crippen molar-refractivity contribution in [1.82, 2.24) is 20.1 Å². The van der Waals surface area contributed by atoms with E-state index in [9.17, 15) is 9.59 Å². The minimum absolute atomic E-state index is 0.0108. The maximum absolute atomic E-state index is 12.6. The highest BCUT2D eigenvalue weighted by Crippen LogP contribution is 2.27. The largest absolute Gasteiger partial charge is 0.359 e. The molecule has 3 aliphatic rings. The van der Waals surface area contributed by atoms with Crippen LogP contribution in [0.2, 0.25) is 0 Å². The van der Waals surface area contributed by atoms with Gasteiger partial charge in [-0.1, -0.05) is 0 Å². The summed E-state index contributed by atoms with van der Waals surface area (Å²) in [6, 6.07) is 0.837. The average molecular weight is 349 g/mol. The van der Waals surface area contributed by atoms with E-state index in [4.69, 9.17) is 0 Å². The standard InChI is InChI=1S/C16H23N5O2S/c22-14(13-10-24-15(19-13)18-11-2-3-11)20-8-4-12(5-9-20)21-7-1-6-17-16(21)23/h10-12H,1-9H2,(H,17,23)(H,18,19). The van der Waals surface area contributed by atoms with Crippen LogP contribution >= 0.6 is 11.3 Å². The molecule has 0 radical (unpaired) electrons. The third-order valence-corrected chi connectivity index (χ3v) is 5.71. The number of hydrogen-bond donors (Lipinski definition) is 2. The highest BCUT2D eigenvalue weighted by atomic mass is 32.1. The first-order chi connectivity index (χ1) is 11.7. The van der Waals surface area contributed by atoms with Crippen LogP contribution in [-0.2, 0) is 0 Å². The number of aromatic nitrogens is 1. The summed E-state index contributed by atoms with van der Waals surface area (Å²) in [5.74, 6) is 0.0108. The summed E-state index contributed by atoms with van der Waals surface area (Å²) < 4.78 is 0. The van der Waals surface area contributed by atoms with E-state index in [1.165, 1.54) is 24.2 Å². The van der Waals surface area contributed by atoms with Gasteiger partial charge in [0.1, 0.15) is 5.69 Å². The molecular weight excluding hydrogens is 326 g/mol. The summed E-state index contributed by atoms with van der Waals surface area (Å²) in [5.41, 5.74) is 0.539. The Hall–Kier alpha value is -1.83. The van der Waals surface area contributed by atoms with Crippen LogP contribution in [0.25, 0.3) is 0 Å². The second kappa shape index (κ2) is 6.58. The van der Waals surface area contributed by atoms with Crippen LogP contribution in [0.1, 0.15) is 42.6 Å². The van der Waals surface area contributed by atoms with E-state index in [-0.39, 0.29) is 18.0 Å². The molecule has 0 aromatic carbocycles. The van der Waals surface area contributed by atoms with Crippen LogP contribution < -0.4 is 10.6 Å². The molecule has 1 saturated carbocycles. The highest BCUT2D eigenvalue weighted by molar-refractivity contribution is 7.13. The number of thiazole rings is 1. The van der Waals surface area contributed by atoms with Crippen molar-refractivity contribution >= 4 is 28.4 Å². The highest BCUT2D eigenvalue weighted by Gasteiger charge is 2.31. The molecule has 4 rings (SSSR count). The van der Waals surface area contributed by atoms with Crippen LogP contribution in [0.3, 0.4) is 0 Å². The molecule has 1 aromatic heterocycles. The summed E-state index contributed by atoms with van der Waals surface area (Å²) in [7, 11) is 0. The smallest absolute Gasteiger partial charge is 0.317 e. The molecule has 130 valence electrons. The first-order valence-electron chi connectivity index (χ1n) is 8.76. The molecule has 0 unspecified atom stereocenters. The first kappa shape index (κ1) is 15.7. The monoisotopic (exact) mass is 349 g/mol. The molecule has 0 bridgehead atoms. The Kier molecular flexibility index (Phi) is 4.30. The molecular formula is C16H23N5O2S. The predicted octanol–water partition coefficient (Wildman–Crippen LogP) is 1.74. The van der Waals surface area contributed by atoms with Crippen LogP contribution in [0.4, 0.5) is 9.93 Å². The van der Waals surface area contributed by atoms with Gasteiger partial charge in [0.05, 0.1) is 0 Å². The summed E-state index contributed by atoms with van der Waals surface area (Å²) >= 11 is 1.50. The van der Waals surface area contributed by atoms with Crippen molar-refractivity contribution in [3.63, 3.8) is 0 Å². The second-order valence-electron chi connectivity index (χ2n) is 6.76. The van der Waals surface area contributed by atoms with E-state index in [2.05, 4.69) is 15.6 Å². The number of urea groups is 1. The number of rotatable bonds is 4. The van der Waals surface area contributed by atoms with Gasteiger partial charge in [-0.25, -0.2) is 9.78 Å². The quantitative estimate of drug-likeness (QED) is 0.868. The minimum atomic E-state index is 0.0108. The third-order valence-electron chi connectivity index (χ3n) is 4.93. The second-order valence-corrected chi connectivity index (χ2v) is 7.62. The number of carbonyl (C=O) groups excluding carboxylic acids is 2. The Morgan fingerprint density at radius 3 is 2.75 bits per heavy atom. The molecule has 1 aromatic rings. The first-order valence-corrected chi connectivity index (χ1v) is 9.64. The average Bonchev–Trinajstić information content (AvgIpc) is 3.30. The predicted molar refractivity (Wildman–Crippen MR) is 92.4 cm³/mol. The van der Waals surface area contributed by atoms with Crippen LogP contribution in [0.15, 0.2) is 5.38 Å². The van der Waals surface area contributed by atoms with Gasteiger partial charge < -0.3 is 20.4 Å². The molecule has 3 fully saturated rings. The zero-order valence-corrected chi connectivity index (χ0v) is 14.5. The van der Waals surface area contributed by atoms with Crippen molar-refractivity contribution < 1.29 is 9.59 Å². The normalized spacial score (nSPS) is 22.4. The Balaban J connectivity index is 1.32. The molecule has 24 heavy (non-hydrogen) atoms. The van der Waals surface area contributed by atoms with E-state index < -0.39 is 0 Å². The molecule has 8 heteroatoms. The number of nitrogens with zero attached hydrogens (tertiary/aromatic N) is 3. The van der Waals surface area contributed by atoms with Gasteiger partial charge in [-0.2, -0.15) is 0 Å². The number of anilines is 1. The Morgan fingerprint density at radius 2 is 2.04 bits per heavy atom. The Bertz CT molecular complexity index is 622. The van der Waals surface area contributed by atoms with Gasteiger partial charge in [0, 0.05) is 43.6 Å². The van der Waals surface area contributed by atoms with Crippen LogP contribution in [0, 0.1) is 0 Å². The van der Waals surface area contributed by atoms with Crippen LogP contribution in [-0.4, -0.2) is 65.0 Å². The fraction of sp³-hybridized carbons (Fsp3) is 0.688. The van der Waals surface area contributed by atoms with Gasteiger partial charge in [-0.3, -0.25) is 4.79 Å². The van der Waals surface area contributed by atoms with Gasteiger partial charge >= 0.3 is 6.03 Å². The van der Waals surface area contributed by atoms with Crippen LogP contribution in [0.5, 0.6) is 0 Å². The van der Waals surface area contributed by atoms with Gasteiger partial charge in [-0.15, -0.1) is 11.3 Å². The molecule has 2 N–H and O–H groups in total. The fourth-order valence-electron chi connectivity index (χ4n) is 3.38. The molecule has 2 saturated heterocycles. The lowest BCUT2D eigenvalue weighted by atomic mass is 10.0. The number of amides is 3. The van der Waals surface area contributed by atoms with E-state index in [1.54, 1.807) is 0 Å². The SMILES string of the molecule is O=C(c1csc(NC2CC2)n1)N1CCC(N2CCCNC2=O)CC1. The molecule has 3 amide bonds. The summed E-state index contributed by atoms with van der Waals surface area (Å²) in [6.07, 6.45) is 5.08. The minimum Gasteiger partial charge on any atom is -0.359 e. The molecule has 3 heterocycles. The lowest BCUT2D eigenvalue weighted by Crippen LogP contribution is -2.54. The van der Waals surface area contributed by atoms with Crippen molar-refractivity contribution in [1.29, 1.82) is 0 Å². The Labute approximate surface area is 145 Å². The molecule has 0 atom stereocenters. The van der Waals surface area contributed by atoms with Crippen molar-refractivity contribution in [2.75, 3.05) is 31.5 Å². The lowest BCUT2D eigenvalue weighted by molar-refractivity contribution is 0.0638. The van der Waals surface area contributed by atoms with Gasteiger partial charge in [0.15, 0.2) is 5.13 Å². The molecule has 0 spiro atoms. The van der Waals surface area contributed by atoms with Crippen molar-refractivity contribution in [3.05, 3.63) is 11.1 Å². The lowest BCUT2D eigenvalue weighted by Gasteiger charge is -2.40. The molecule has 2 aliphatic heterocycles. The molecule has 1 aliphatic carbocycles. The van der Waals surface area contributed by atoms with Crippen molar-refractivity contribution in [2.24, 2.45) is 0 Å². The molecule has 7 nitrogen and oxygen atoms in total. The number of likely N-dealkylation sites (tertiary alicyclic amines) is 1. The van der Waals surface area contributed by atoms with Crippen molar-refractivity contribution in [3.8, 4) is 0 Å². The zero-order chi connectivity index (χ0) is 16.5. The van der Waals surface area contributed by atoms with Gasteiger partial charge in [0.25, 0.3) is 5.91 Å². The number of hydrogen-bond acceptors (Lipinski definition) is 5. The maximum Gasteiger partial charge on any atom is 0.317 e. The Morgan fingerprint density at radius 1 is 1.25 bits per heavy atom. The number of carbonyl (C=O) groups is 2. The summed E-state index contributed by atoms with van der Waals surface area (Å²) in [4.78, 5) is 32.8. The van der Waals surface area contributed by atoms with Crippen molar-refractivity contribution in [2.45, 2.75) is 44.2 Å². The topological polar surface area (TPSA) is 77.6 Å². The fourth-order valence-corrected chi connectivity index (χ4v) is 4.14. The van der Waals surface area contributed by atoms with E-state index in [0.717, 1.165) is 37.5 Å². The zero-order valence-electron chi connectivity index (χ0n) is 13.7. The van der Waals surface area contributed by atoms with Gasteiger partial charge in [-0.05, 0) is 32.1 Å². The summed E-state index contributed by atoms with van der Waals surface area (Å²) in [6.45, 7) is 2.98. The maximum atomic E-state index is 12.6. The number of nitrogens with one attached hydrogen (secondary N) is 2. The van der Waals surface area contributed by atoms with E-state index in [0.29, 0.717) is 24.8 Å². The van der Waals surface area contributed by atoms with E-state index >= 15 is 0 Å². The number of piperidine rings is 1. The summed E-state index contributed by atoms with van der Waals surface area (Å²) in [5, 5.41) is 8.93.